The number of hydrogen-bond donors (Lipinski definition) is 1. The van der Waals surface area contributed by atoms with Crippen LogP contribution in [0.1, 0.15) is 51.0 Å². The van der Waals surface area contributed by atoms with E-state index in [2.05, 4.69) is 24.4 Å². The predicted molar refractivity (Wildman–Crippen MR) is 91.3 cm³/mol. The van der Waals surface area contributed by atoms with Crippen LogP contribution < -0.4 is 10.2 Å². The molecule has 1 aromatic carbocycles. The summed E-state index contributed by atoms with van der Waals surface area (Å²) in [4.78, 5) is 26.8. The van der Waals surface area contributed by atoms with Crippen molar-refractivity contribution in [3.8, 4) is 0 Å². The number of benzene rings is 1. The fraction of sp³-hybridized carbons (Fsp3) is 0.579. The lowest BCUT2D eigenvalue weighted by Gasteiger charge is -2.24. The summed E-state index contributed by atoms with van der Waals surface area (Å²) < 4.78 is 0. The zero-order valence-corrected chi connectivity index (χ0v) is 13.9. The number of aryl methyl sites for hydroxylation is 1. The summed E-state index contributed by atoms with van der Waals surface area (Å²) in [7, 11) is 0. The third-order valence-corrected chi connectivity index (χ3v) is 5.13. The van der Waals surface area contributed by atoms with Gasteiger partial charge in [0.1, 0.15) is 5.92 Å². The van der Waals surface area contributed by atoms with Crippen molar-refractivity contribution in [3.05, 3.63) is 29.8 Å². The van der Waals surface area contributed by atoms with Crippen molar-refractivity contribution in [1.82, 2.24) is 5.32 Å². The first-order valence-electron chi connectivity index (χ1n) is 8.89. The molecule has 2 aliphatic rings. The average molecular weight is 314 g/mol. The first-order valence-corrected chi connectivity index (χ1v) is 8.89. The molecule has 1 heterocycles. The highest BCUT2D eigenvalue weighted by Gasteiger charge is 2.38. The predicted octanol–water partition coefficient (Wildman–Crippen LogP) is 3.05. The molecule has 1 N–H and O–H groups in total. The molecule has 0 spiro atoms. The molecular weight excluding hydrogens is 288 g/mol. The molecule has 2 amide bonds. The largest absolute Gasteiger partial charge is 0.353 e. The molecule has 2 fully saturated rings. The van der Waals surface area contributed by atoms with Gasteiger partial charge < -0.3 is 10.2 Å². The van der Waals surface area contributed by atoms with E-state index in [9.17, 15) is 9.59 Å². The Kier molecular flexibility index (Phi) is 4.99. The van der Waals surface area contributed by atoms with Gasteiger partial charge >= 0.3 is 0 Å². The van der Waals surface area contributed by atoms with E-state index in [4.69, 9.17) is 0 Å². The SMILES string of the molecule is CCc1ccc(N2CCC(C(=O)NC3CCCCC3)C2=O)cc1. The van der Waals surface area contributed by atoms with Gasteiger partial charge in [0.25, 0.3) is 0 Å². The minimum Gasteiger partial charge on any atom is -0.353 e. The summed E-state index contributed by atoms with van der Waals surface area (Å²) in [6, 6.07) is 8.34. The van der Waals surface area contributed by atoms with Crippen LogP contribution >= 0.6 is 0 Å². The Morgan fingerprint density at radius 2 is 1.83 bits per heavy atom. The van der Waals surface area contributed by atoms with Crippen LogP contribution in [-0.2, 0) is 16.0 Å². The van der Waals surface area contributed by atoms with E-state index >= 15 is 0 Å². The van der Waals surface area contributed by atoms with E-state index in [1.54, 1.807) is 4.90 Å². The molecular formula is C19H26N2O2. The lowest BCUT2D eigenvalue weighted by molar-refractivity contribution is -0.132. The Morgan fingerprint density at radius 1 is 1.13 bits per heavy atom. The Labute approximate surface area is 138 Å². The van der Waals surface area contributed by atoms with Gasteiger partial charge in [-0.1, -0.05) is 38.3 Å². The maximum absolute atomic E-state index is 12.6. The standard InChI is InChI=1S/C19H26N2O2/c1-2-14-8-10-16(11-9-14)21-13-12-17(19(21)23)18(22)20-15-6-4-3-5-7-15/h8-11,15,17H,2-7,12-13H2,1H3,(H,20,22). The molecule has 1 aliphatic carbocycles. The molecule has 1 unspecified atom stereocenters. The quantitative estimate of drug-likeness (QED) is 0.868. The summed E-state index contributed by atoms with van der Waals surface area (Å²) in [5.74, 6) is -0.639. The van der Waals surface area contributed by atoms with Crippen LogP contribution in [-0.4, -0.2) is 24.4 Å². The second-order valence-corrected chi connectivity index (χ2v) is 6.69. The van der Waals surface area contributed by atoms with Crippen molar-refractivity contribution in [2.24, 2.45) is 5.92 Å². The van der Waals surface area contributed by atoms with Gasteiger partial charge in [-0.2, -0.15) is 0 Å². The highest BCUT2D eigenvalue weighted by Crippen LogP contribution is 2.26. The van der Waals surface area contributed by atoms with Gasteiger partial charge in [0.05, 0.1) is 0 Å². The van der Waals surface area contributed by atoms with Crippen molar-refractivity contribution in [1.29, 1.82) is 0 Å². The molecule has 0 bridgehead atoms. The first-order chi connectivity index (χ1) is 11.2. The zero-order valence-electron chi connectivity index (χ0n) is 13.9. The summed E-state index contributed by atoms with van der Waals surface area (Å²) in [5.41, 5.74) is 2.16. The lowest BCUT2D eigenvalue weighted by atomic mass is 9.94. The smallest absolute Gasteiger partial charge is 0.239 e. The number of nitrogens with one attached hydrogen (secondary N) is 1. The van der Waals surface area contributed by atoms with E-state index in [1.807, 2.05) is 12.1 Å². The molecule has 1 saturated carbocycles. The second-order valence-electron chi connectivity index (χ2n) is 6.69. The van der Waals surface area contributed by atoms with Gasteiger partial charge in [-0.05, 0) is 43.4 Å². The monoisotopic (exact) mass is 314 g/mol. The van der Waals surface area contributed by atoms with Crippen LogP contribution in [0.25, 0.3) is 0 Å². The fourth-order valence-electron chi connectivity index (χ4n) is 3.64. The number of nitrogens with zero attached hydrogens (tertiary/aromatic N) is 1. The minimum absolute atomic E-state index is 0.0532. The molecule has 4 heteroatoms. The third kappa shape index (κ3) is 3.57. The number of carbonyl (C=O) groups excluding carboxylic acids is 2. The first kappa shape index (κ1) is 16.0. The van der Waals surface area contributed by atoms with Gasteiger partial charge in [-0.3, -0.25) is 9.59 Å². The van der Waals surface area contributed by atoms with E-state index in [1.165, 1.54) is 24.8 Å². The van der Waals surface area contributed by atoms with Gasteiger partial charge in [0, 0.05) is 18.3 Å². The van der Waals surface area contributed by atoms with Gasteiger partial charge in [0.2, 0.25) is 11.8 Å². The molecule has 0 aromatic heterocycles. The minimum atomic E-state index is -0.511. The number of hydrogen-bond acceptors (Lipinski definition) is 2. The van der Waals surface area contributed by atoms with Crippen molar-refractivity contribution in [2.45, 2.75) is 57.9 Å². The van der Waals surface area contributed by atoms with Gasteiger partial charge in [-0.25, -0.2) is 0 Å². The summed E-state index contributed by atoms with van der Waals surface area (Å²) in [6.45, 7) is 2.74. The molecule has 0 radical (unpaired) electrons. The molecule has 1 aromatic rings. The van der Waals surface area contributed by atoms with E-state index in [0.29, 0.717) is 13.0 Å². The Morgan fingerprint density at radius 3 is 2.48 bits per heavy atom. The Hall–Kier alpha value is -1.84. The normalized spacial score (nSPS) is 22.4. The van der Waals surface area contributed by atoms with Crippen molar-refractivity contribution in [3.63, 3.8) is 0 Å². The van der Waals surface area contributed by atoms with Crippen LogP contribution in [0.15, 0.2) is 24.3 Å². The Bertz CT molecular complexity index is 561. The highest BCUT2D eigenvalue weighted by molar-refractivity contribution is 6.09. The molecule has 3 rings (SSSR count). The maximum Gasteiger partial charge on any atom is 0.239 e. The third-order valence-electron chi connectivity index (χ3n) is 5.13. The summed E-state index contributed by atoms with van der Waals surface area (Å²) in [6.07, 6.45) is 7.33. The lowest BCUT2D eigenvalue weighted by Crippen LogP contribution is -2.42. The van der Waals surface area contributed by atoms with Crippen LogP contribution in [0.2, 0.25) is 0 Å². The van der Waals surface area contributed by atoms with E-state index in [0.717, 1.165) is 24.9 Å². The topological polar surface area (TPSA) is 49.4 Å². The summed E-state index contributed by atoms with van der Waals surface area (Å²) >= 11 is 0. The van der Waals surface area contributed by atoms with Crippen LogP contribution in [0, 0.1) is 5.92 Å². The Balaban J connectivity index is 1.62. The highest BCUT2D eigenvalue weighted by atomic mass is 16.2. The van der Waals surface area contributed by atoms with Crippen molar-refractivity contribution in [2.75, 3.05) is 11.4 Å². The number of carbonyl (C=O) groups is 2. The molecule has 23 heavy (non-hydrogen) atoms. The average Bonchev–Trinajstić information content (AvgIpc) is 2.97. The molecule has 4 nitrogen and oxygen atoms in total. The van der Waals surface area contributed by atoms with Crippen LogP contribution in [0.4, 0.5) is 5.69 Å². The molecule has 1 aliphatic heterocycles. The van der Waals surface area contributed by atoms with Gasteiger partial charge in [-0.15, -0.1) is 0 Å². The molecule has 124 valence electrons. The zero-order chi connectivity index (χ0) is 16.2. The van der Waals surface area contributed by atoms with Gasteiger partial charge in [0.15, 0.2) is 0 Å². The molecule has 1 atom stereocenters. The number of amides is 2. The maximum atomic E-state index is 12.6. The van der Waals surface area contributed by atoms with Crippen LogP contribution in [0.5, 0.6) is 0 Å². The fourth-order valence-corrected chi connectivity index (χ4v) is 3.64. The van der Waals surface area contributed by atoms with Crippen LogP contribution in [0.3, 0.4) is 0 Å². The molecule has 1 saturated heterocycles. The number of rotatable bonds is 4. The van der Waals surface area contributed by atoms with E-state index in [-0.39, 0.29) is 17.9 Å². The number of anilines is 1. The van der Waals surface area contributed by atoms with E-state index < -0.39 is 5.92 Å². The summed E-state index contributed by atoms with van der Waals surface area (Å²) in [5, 5.41) is 3.10. The second kappa shape index (κ2) is 7.16. The van der Waals surface area contributed by atoms with Crippen molar-refractivity contribution >= 4 is 17.5 Å². The van der Waals surface area contributed by atoms with Crippen molar-refractivity contribution < 1.29 is 9.59 Å².